The molecule has 1 N–H and O–H groups in total. The lowest BCUT2D eigenvalue weighted by Gasteiger charge is -2.09. The third-order valence-electron chi connectivity index (χ3n) is 2.74. The Labute approximate surface area is 130 Å². The second kappa shape index (κ2) is 9.09. The first kappa shape index (κ1) is 17.1. The van der Waals surface area contributed by atoms with Crippen LogP contribution in [-0.2, 0) is 4.79 Å². The van der Waals surface area contributed by atoms with Crippen molar-refractivity contribution in [3.05, 3.63) is 28.2 Å². The summed E-state index contributed by atoms with van der Waals surface area (Å²) in [5.41, 5.74) is 0. The first-order valence-corrected chi connectivity index (χ1v) is 7.59. The molecular formula is C15H21Cl2NO2. The Morgan fingerprint density at radius 3 is 2.75 bits per heavy atom. The highest BCUT2D eigenvalue weighted by molar-refractivity contribution is 6.35. The van der Waals surface area contributed by atoms with E-state index < -0.39 is 0 Å². The summed E-state index contributed by atoms with van der Waals surface area (Å²) in [6.07, 6.45) is 2.25. The average molecular weight is 318 g/mol. The zero-order valence-corrected chi connectivity index (χ0v) is 13.4. The van der Waals surface area contributed by atoms with Gasteiger partial charge in [-0.1, -0.05) is 37.0 Å². The zero-order chi connectivity index (χ0) is 15.0. The number of carbonyl (C=O) groups is 1. The third-order valence-corrected chi connectivity index (χ3v) is 3.27. The minimum absolute atomic E-state index is 0.100. The Balaban J connectivity index is 2.14. The van der Waals surface area contributed by atoms with E-state index in [-0.39, 0.29) is 5.91 Å². The van der Waals surface area contributed by atoms with Crippen LogP contribution in [0.15, 0.2) is 18.2 Å². The quantitative estimate of drug-likeness (QED) is 0.725. The van der Waals surface area contributed by atoms with Crippen molar-refractivity contribution in [1.82, 2.24) is 5.32 Å². The molecular weight excluding hydrogens is 297 g/mol. The highest BCUT2D eigenvalue weighted by Crippen LogP contribution is 2.27. The van der Waals surface area contributed by atoms with Crippen molar-refractivity contribution in [3.63, 3.8) is 0 Å². The van der Waals surface area contributed by atoms with Crippen molar-refractivity contribution >= 4 is 29.1 Å². The van der Waals surface area contributed by atoms with E-state index in [9.17, 15) is 4.79 Å². The molecule has 0 fully saturated rings. The Hall–Kier alpha value is -0.930. The van der Waals surface area contributed by atoms with Gasteiger partial charge in [0, 0.05) is 18.0 Å². The number of ether oxygens (including phenoxy) is 1. The standard InChI is InChI=1S/C15H21Cl2NO2/c1-11(2)4-7-15(19)18-8-3-9-20-14-6-5-12(16)10-13(14)17/h5-6,10-11H,3-4,7-9H2,1-2H3,(H,18,19). The van der Waals surface area contributed by atoms with Crippen molar-refractivity contribution in [1.29, 1.82) is 0 Å². The van der Waals surface area contributed by atoms with Crippen LogP contribution in [0.1, 0.15) is 33.1 Å². The summed E-state index contributed by atoms with van der Waals surface area (Å²) in [5.74, 6) is 1.27. The maximum atomic E-state index is 11.5. The fourth-order valence-corrected chi connectivity index (χ4v) is 2.05. The maximum Gasteiger partial charge on any atom is 0.220 e. The van der Waals surface area contributed by atoms with Gasteiger partial charge in [-0.2, -0.15) is 0 Å². The van der Waals surface area contributed by atoms with E-state index in [2.05, 4.69) is 19.2 Å². The minimum atomic E-state index is 0.100. The van der Waals surface area contributed by atoms with Crippen molar-refractivity contribution in [2.75, 3.05) is 13.2 Å². The molecule has 3 nitrogen and oxygen atoms in total. The summed E-state index contributed by atoms with van der Waals surface area (Å²) in [5, 5.41) is 3.96. The van der Waals surface area contributed by atoms with Crippen molar-refractivity contribution in [2.24, 2.45) is 5.92 Å². The van der Waals surface area contributed by atoms with E-state index in [1.54, 1.807) is 18.2 Å². The van der Waals surface area contributed by atoms with Gasteiger partial charge in [0.05, 0.1) is 11.6 Å². The third kappa shape index (κ3) is 7.01. The summed E-state index contributed by atoms with van der Waals surface area (Å²) in [4.78, 5) is 11.5. The Bertz CT molecular complexity index is 436. The molecule has 0 bridgehead atoms. The van der Waals surface area contributed by atoms with E-state index in [0.29, 0.717) is 41.3 Å². The molecule has 112 valence electrons. The lowest BCUT2D eigenvalue weighted by molar-refractivity contribution is -0.121. The normalized spacial score (nSPS) is 10.7. The molecule has 20 heavy (non-hydrogen) atoms. The van der Waals surface area contributed by atoms with Crippen LogP contribution in [0.4, 0.5) is 0 Å². The molecule has 1 rings (SSSR count). The lowest BCUT2D eigenvalue weighted by atomic mass is 10.1. The largest absolute Gasteiger partial charge is 0.492 e. The predicted octanol–water partition coefficient (Wildman–Crippen LogP) is 4.31. The fraction of sp³-hybridized carbons (Fsp3) is 0.533. The summed E-state index contributed by atoms with van der Waals surface area (Å²) in [6, 6.07) is 5.12. The molecule has 0 heterocycles. The van der Waals surface area contributed by atoms with Crippen LogP contribution in [0.25, 0.3) is 0 Å². The fourth-order valence-electron chi connectivity index (χ4n) is 1.58. The number of amides is 1. The van der Waals surface area contributed by atoms with E-state index in [1.807, 2.05) is 0 Å². The SMILES string of the molecule is CC(C)CCC(=O)NCCCOc1ccc(Cl)cc1Cl. The van der Waals surface area contributed by atoms with Gasteiger partial charge < -0.3 is 10.1 Å². The van der Waals surface area contributed by atoms with Gasteiger partial charge in [-0.05, 0) is 37.0 Å². The number of hydrogen-bond acceptors (Lipinski definition) is 2. The summed E-state index contributed by atoms with van der Waals surface area (Å²) in [6.45, 7) is 5.34. The highest BCUT2D eigenvalue weighted by Gasteiger charge is 2.04. The number of hydrogen-bond donors (Lipinski definition) is 1. The van der Waals surface area contributed by atoms with Gasteiger partial charge in [0.25, 0.3) is 0 Å². The highest BCUT2D eigenvalue weighted by atomic mass is 35.5. The molecule has 0 aliphatic rings. The number of rotatable bonds is 8. The van der Waals surface area contributed by atoms with Gasteiger partial charge in [0.1, 0.15) is 5.75 Å². The molecule has 1 aromatic carbocycles. The van der Waals surface area contributed by atoms with E-state index >= 15 is 0 Å². The molecule has 0 radical (unpaired) electrons. The monoisotopic (exact) mass is 317 g/mol. The number of nitrogens with one attached hydrogen (secondary N) is 1. The van der Waals surface area contributed by atoms with Gasteiger partial charge >= 0.3 is 0 Å². The second-order valence-electron chi connectivity index (χ2n) is 5.06. The van der Waals surface area contributed by atoms with Gasteiger partial charge in [0.2, 0.25) is 5.91 Å². The zero-order valence-electron chi connectivity index (χ0n) is 11.9. The minimum Gasteiger partial charge on any atom is -0.492 e. The molecule has 0 saturated heterocycles. The van der Waals surface area contributed by atoms with Crippen LogP contribution < -0.4 is 10.1 Å². The van der Waals surface area contributed by atoms with Crippen LogP contribution in [0.5, 0.6) is 5.75 Å². The number of halogens is 2. The summed E-state index contributed by atoms with van der Waals surface area (Å²) < 4.78 is 5.53. The summed E-state index contributed by atoms with van der Waals surface area (Å²) >= 11 is 11.8. The maximum absolute atomic E-state index is 11.5. The van der Waals surface area contributed by atoms with Gasteiger partial charge in [-0.25, -0.2) is 0 Å². The average Bonchev–Trinajstić information content (AvgIpc) is 2.38. The van der Waals surface area contributed by atoms with Crippen molar-refractivity contribution < 1.29 is 9.53 Å². The van der Waals surface area contributed by atoms with Crippen molar-refractivity contribution in [3.8, 4) is 5.75 Å². The van der Waals surface area contributed by atoms with Crippen LogP contribution >= 0.6 is 23.2 Å². The smallest absolute Gasteiger partial charge is 0.220 e. The Kier molecular flexibility index (Phi) is 7.78. The van der Waals surface area contributed by atoms with Crippen LogP contribution in [0.2, 0.25) is 10.0 Å². The van der Waals surface area contributed by atoms with Gasteiger partial charge in [-0.15, -0.1) is 0 Å². The molecule has 0 aliphatic carbocycles. The molecule has 5 heteroatoms. The Morgan fingerprint density at radius 1 is 1.35 bits per heavy atom. The van der Waals surface area contributed by atoms with E-state index in [1.165, 1.54) is 0 Å². The number of benzene rings is 1. The van der Waals surface area contributed by atoms with E-state index in [0.717, 1.165) is 12.8 Å². The molecule has 1 amide bonds. The molecule has 0 aromatic heterocycles. The molecule has 0 aliphatic heterocycles. The van der Waals surface area contributed by atoms with Crippen LogP contribution in [0.3, 0.4) is 0 Å². The lowest BCUT2D eigenvalue weighted by Crippen LogP contribution is -2.25. The van der Waals surface area contributed by atoms with E-state index in [4.69, 9.17) is 27.9 Å². The predicted molar refractivity (Wildman–Crippen MR) is 83.7 cm³/mol. The van der Waals surface area contributed by atoms with Crippen LogP contribution in [0, 0.1) is 5.92 Å². The molecule has 1 aromatic rings. The van der Waals surface area contributed by atoms with Crippen molar-refractivity contribution in [2.45, 2.75) is 33.1 Å². The Morgan fingerprint density at radius 2 is 2.10 bits per heavy atom. The van der Waals surface area contributed by atoms with Gasteiger partial charge in [-0.3, -0.25) is 4.79 Å². The second-order valence-corrected chi connectivity index (χ2v) is 5.90. The topological polar surface area (TPSA) is 38.3 Å². The molecule has 0 saturated carbocycles. The summed E-state index contributed by atoms with van der Waals surface area (Å²) in [7, 11) is 0. The van der Waals surface area contributed by atoms with Gasteiger partial charge in [0.15, 0.2) is 0 Å². The first-order valence-electron chi connectivity index (χ1n) is 6.83. The molecule has 0 unspecified atom stereocenters. The molecule has 0 spiro atoms. The molecule has 0 atom stereocenters. The number of carbonyl (C=O) groups excluding carboxylic acids is 1. The van der Waals surface area contributed by atoms with Crippen LogP contribution in [-0.4, -0.2) is 19.1 Å². The first-order chi connectivity index (χ1) is 9.49.